The number of rotatable bonds is 6. The molecule has 2 amide bonds. The second-order valence-corrected chi connectivity index (χ2v) is 6.21. The minimum absolute atomic E-state index is 0.0190. The Kier molecular flexibility index (Phi) is 4.97. The van der Waals surface area contributed by atoms with Gasteiger partial charge in [0.05, 0.1) is 4.90 Å². The lowest BCUT2D eigenvalue weighted by molar-refractivity contribution is -0.119. The van der Waals surface area contributed by atoms with E-state index in [4.69, 9.17) is 10.5 Å². The van der Waals surface area contributed by atoms with Gasteiger partial charge in [0.2, 0.25) is 0 Å². The summed E-state index contributed by atoms with van der Waals surface area (Å²) in [6.45, 7) is -0.340. The fraction of sp³-hybridized carbons (Fsp3) is 0.0667. The van der Waals surface area contributed by atoms with E-state index in [1.807, 2.05) is 4.72 Å². The zero-order chi connectivity index (χ0) is 16.9. The molecule has 2 aromatic rings. The number of benzene rings is 2. The average molecular weight is 334 g/mol. The van der Waals surface area contributed by atoms with Gasteiger partial charge in [-0.05, 0) is 30.3 Å². The van der Waals surface area contributed by atoms with E-state index in [9.17, 15) is 18.0 Å². The molecular weight excluding hydrogens is 320 g/mol. The molecule has 23 heavy (non-hydrogen) atoms. The Hall–Kier alpha value is -2.87. The maximum absolute atomic E-state index is 12.1. The number of carbonyl (C=O) groups is 2. The van der Waals surface area contributed by atoms with E-state index >= 15 is 0 Å². The lowest BCUT2D eigenvalue weighted by Crippen LogP contribution is -2.30. The molecule has 7 nitrogen and oxygen atoms in total. The second kappa shape index (κ2) is 6.93. The topological polar surface area (TPSA) is 116 Å². The summed E-state index contributed by atoms with van der Waals surface area (Å²) in [6.07, 6.45) is 0. The molecule has 2 aromatic carbocycles. The lowest BCUT2D eigenvalue weighted by Gasteiger charge is -2.08. The molecule has 0 aliphatic heterocycles. The van der Waals surface area contributed by atoms with E-state index in [0.29, 0.717) is 0 Å². The van der Waals surface area contributed by atoms with Gasteiger partial charge in [0.25, 0.3) is 21.8 Å². The molecule has 0 heterocycles. The average Bonchev–Trinajstić information content (AvgIpc) is 2.53. The fourth-order valence-corrected chi connectivity index (χ4v) is 2.72. The first-order valence-electron chi connectivity index (χ1n) is 6.52. The standard InChI is InChI=1S/C15H14N2O5S/c16-14(18)10-22-12-6-4-5-11(9-12)15(19)17-23(20,21)13-7-2-1-3-8-13/h1-9H,10H2,(H2,16,18)(H,17,19). The van der Waals surface area contributed by atoms with Crippen LogP contribution in [0.25, 0.3) is 0 Å². The predicted molar refractivity (Wildman–Crippen MR) is 82.2 cm³/mol. The summed E-state index contributed by atoms with van der Waals surface area (Å²) in [7, 11) is -3.96. The molecule has 0 unspecified atom stereocenters. The van der Waals surface area contributed by atoms with Gasteiger partial charge in [-0.25, -0.2) is 13.1 Å². The number of hydrogen-bond donors (Lipinski definition) is 2. The van der Waals surface area contributed by atoms with Crippen molar-refractivity contribution in [1.82, 2.24) is 4.72 Å². The molecule has 0 saturated carbocycles. The van der Waals surface area contributed by atoms with E-state index < -0.39 is 21.8 Å². The van der Waals surface area contributed by atoms with Crippen LogP contribution in [0.2, 0.25) is 0 Å². The van der Waals surface area contributed by atoms with Crippen molar-refractivity contribution >= 4 is 21.8 Å². The molecule has 0 aliphatic carbocycles. The zero-order valence-electron chi connectivity index (χ0n) is 11.9. The molecular formula is C15H14N2O5S. The van der Waals surface area contributed by atoms with Gasteiger partial charge in [-0.1, -0.05) is 24.3 Å². The normalized spacial score (nSPS) is 10.8. The van der Waals surface area contributed by atoms with E-state index in [2.05, 4.69) is 0 Å². The fourth-order valence-electron chi connectivity index (χ4n) is 1.72. The van der Waals surface area contributed by atoms with Crippen LogP contribution in [0.4, 0.5) is 0 Å². The van der Waals surface area contributed by atoms with Crippen molar-refractivity contribution in [1.29, 1.82) is 0 Å². The van der Waals surface area contributed by atoms with E-state index in [0.717, 1.165) is 0 Å². The minimum atomic E-state index is -3.96. The highest BCUT2D eigenvalue weighted by Gasteiger charge is 2.18. The Morgan fingerprint density at radius 1 is 1.04 bits per heavy atom. The molecule has 3 N–H and O–H groups in total. The van der Waals surface area contributed by atoms with Crippen molar-refractivity contribution in [2.45, 2.75) is 4.90 Å². The monoisotopic (exact) mass is 334 g/mol. The van der Waals surface area contributed by atoms with Crippen LogP contribution in [0.1, 0.15) is 10.4 Å². The summed E-state index contributed by atoms with van der Waals surface area (Å²) >= 11 is 0. The minimum Gasteiger partial charge on any atom is -0.484 e. The molecule has 0 spiro atoms. The third-order valence-corrected chi connectivity index (χ3v) is 4.10. The molecule has 120 valence electrons. The number of nitrogens with two attached hydrogens (primary N) is 1. The van der Waals surface area contributed by atoms with Gasteiger partial charge < -0.3 is 10.5 Å². The highest BCUT2D eigenvalue weighted by atomic mass is 32.2. The van der Waals surface area contributed by atoms with Crippen LogP contribution in [0.15, 0.2) is 59.5 Å². The molecule has 0 saturated heterocycles. The number of amides is 2. The third-order valence-electron chi connectivity index (χ3n) is 2.76. The van der Waals surface area contributed by atoms with E-state index in [-0.39, 0.29) is 22.8 Å². The van der Waals surface area contributed by atoms with Crippen LogP contribution >= 0.6 is 0 Å². The largest absolute Gasteiger partial charge is 0.484 e. The van der Waals surface area contributed by atoms with Crippen LogP contribution in [0, 0.1) is 0 Å². The highest BCUT2D eigenvalue weighted by molar-refractivity contribution is 7.90. The number of carbonyl (C=O) groups excluding carboxylic acids is 2. The van der Waals surface area contributed by atoms with Gasteiger partial charge in [-0.15, -0.1) is 0 Å². The molecule has 0 aromatic heterocycles. The highest BCUT2D eigenvalue weighted by Crippen LogP contribution is 2.14. The van der Waals surface area contributed by atoms with Crippen molar-refractivity contribution < 1.29 is 22.7 Å². The number of hydrogen-bond acceptors (Lipinski definition) is 5. The van der Waals surface area contributed by atoms with Crippen LogP contribution in [-0.4, -0.2) is 26.8 Å². The molecule has 0 bridgehead atoms. The van der Waals surface area contributed by atoms with Gasteiger partial charge in [0.1, 0.15) is 5.75 Å². The van der Waals surface area contributed by atoms with Crippen LogP contribution in [0.3, 0.4) is 0 Å². The summed E-state index contributed by atoms with van der Waals surface area (Å²) in [6, 6.07) is 13.3. The van der Waals surface area contributed by atoms with Crippen molar-refractivity contribution in [3.8, 4) is 5.75 Å². The molecule has 0 radical (unpaired) electrons. The summed E-state index contributed by atoms with van der Waals surface area (Å²) in [5, 5.41) is 0. The van der Waals surface area contributed by atoms with Crippen LogP contribution in [-0.2, 0) is 14.8 Å². The van der Waals surface area contributed by atoms with Gasteiger partial charge in [-0.3, -0.25) is 9.59 Å². The number of ether oxygens (including phenoxy) is 1. The van der Waals surface area contributed by atoms with Crippen LogP contribution < -0.4 is 15.2 Å². The Labute approximate surface area is 133 Å². The van der Waals surface area contributed by atoms with Crippen molar-refractivity contribution in [3.63, 3.8) is 0 Å². The smallest absolute Gasteiger partial charge is 0.265 e. The SMILES string of the molecule is NC(=O)COc1cccc(C(=O)NS(=O)(=O)c2ccccc2)c1. The Bertz CT molecular complexity index is 819. The Morgan fingerprint density at radius 2 is 1.74 bits per heavy atom. The maximum Gasteiger partial charge on any atom is 0.265 e. The number of nitrogens with one attached hydrogen (secondary N) is 1. The van der Waals surface area contributed by atoms with E-state index in [1.165, 1.54) is 36.4 Å². The van der Waals surface area contributed by atoms with Gasteiger partial charge in [0.15, 0.2) is 6.61 Å². The summed E-state index contributed by atoms with van der Waals surface area (Å²) in [5.74, 6) is -1.24. The first kappa shape index (κ1) is 16.5. The van der Waals surface area contributed by atoms with Crippen molar-refractivity contribution in [2.24, 2.45) is 5.73 Å². The molecule has 0 fully saturated rings. The number of sulfonamides is 1. The molecule has 0 atom stereocenters. The summed E-state index contributed by atoms with van der Waals surface area (Å²) < 4.78 is 31.2. The Morgan fingerprint density at radius 3 is 2.39 bits per heavy atom. The predicted octanol–water partition coefficient (Wildman–Crippen LogP) is 0.669. The molecule has 2 rings (SSSR count). The van der Waals surface area contributed by atoms with E-state index in [1.54, 1.807) is 18.2 Å². The third kappa shape index (κ3) is 4.55. The van der Waals surface area contributed by atoms with Crippen molar-refractivity contribution in [3.05, 3.63) is 60.2 Å². The molecule has 0 aliphatic rings. The van der Waals surface area contributed by atoms with Gasteiger partial charge in [-0.2, -0.15) is 0 Å². The van der Waals surface area contributed by atoms with Crippen LogP contribution in [0.5, 0.6) is 5.75 Å². The lowest BCUT2D eigenvalue weighted by atomic mass is 10.2. The first-order valence-corrected chi connectivity index (χ1v) is 8.00. The number of primary amides is 1. The quantitative estimate of drug-likeness (QED) is 0.805. The molecule has 8 heteroatoms. The van der Waals surface area contributed by atoms with Gasteiger partial charge >= 0.3 is 0 Å². The Balaban J connectivity index is 2.15. The van der Waals surface area contributed by atoms with Gasteiger partial charge in [0, 0.05) is 5.56 Å². The zero-order valence-corrected chi connectivity index (χ0v) is 12.7. The summed E-state index contributed by atoms with van der Waals surface area (Å²) in [4.78, 5) is 22.7. The second-order valence-electron chi connectivity index (χ2n) is 4.53. The summed E-state index contributed by atoms with van der Waals surface area (Å²) in [5.41, 5.74) is 5.04. The maximum atomic E-state index is 12.1. The first-order chi connectivity index (χ1) is 10.9. The van der Waals surface area contributed by atoms with Crippen molar-refractivity contribution in [2.75, 3.05) is 6.61 Å².